The van der Waals surface area contributed by atoms with Gasteiger partial charge in [0.25, 0.3) is 0 Å². The molecule has 2 amide bonds. The Morgan fingerprint density at radius 1 is 1.36 bits per heavy atom. The fraction of sp³-hybridized carbons (Fsp3) is 0.400. The van der Waals surface area contributed by atoms with Crippen LogP contribution in [0.4, 0.5) is 5.69 Å². The smallest absolute Gasteiger partial charge is 0.423 e. The maximum absolute atomic E-state index is 12.1. The summed E-state index contributed by atoms with van der Waals surface area (Å²) < 4.78 is 0. The van der Waals surface area contributed by atoms with Gasteiger partial charge < -0.3 is 20.3 Å². The SMILES string of the molecule is [CH][C@H](CC(C)C(=O)Nc1cccc(B(O)O)c1)C(=O)N(C)C. The Hall–Kier alpha value is -1.86. The molecular formula is C15H21BN2O4. The number of benzene rings is 1. The number of rotatable bonds is 6. The van der Waals surface area contributed by atoms with E-state index in [1.807, 2.05) is 0 Å². The van der Waals surface area contributed by atoms with E-state index >= 15 is 0 Å². The summed E-state index contributed by atoms with van der Waals surface area (Å²) in [6, 6.07) is 6.26. The molecule has 7 heteroatoms. The zero-order valence-corrected chi connectivity index (χ0v) is 13.0. The first-order valence-electron chi connectivity index (χ1n) is 6.96. The second-order valence-electron chi connectivity index (χ2n) is 5.46. The van der Waals surface area contributed by atoms with E-state index in [-0.39, 0.29) is 23.7 Å². The third kappa shape index (κ3) is 5.16. The standard InChI is InChI=1S/C15H21BN2O4/c1-10(8-11(2)15(20)18(3)4)14(19)17-13-7-5-6-12(9-13)16(21)22/h2,5-7,9-11,21-22H,8H2,1,3-4H3,(H,17,19)/t10?,11-/m1/s1. The summed E-state index contributed by atoms with van der Waals surface area (Å²) in [4.78, 5) is 25.2. The van der Waals surface area contributed by atoms with E-state index in [2.05, 4.69) is 5.32 Å². The summed E-state index contributed by atoms with van der Waals surface area (Å²) in [5, 5.41) is 20.9. The van der Waals surface area contributed by atoms with Crippen molar-refractivity contribution < 1.29 is 19.6 Å². The lowest BCUT2D eigenvalue weighted by molar-refractivity contribution is -0.132. The first kappa shape index (κ1) is 18.2. The summed E-state index contributed by atoms with van der Waals surface area (Å²) in [5.41, 5.74) is 0.736. The minimum atomic E-state index is -1.60. The fourth-order valence-electron chi connectivity index (χ4n) is 1.96. The van der Waals surface area contributed by atoms with Crippen LogP contribution < -0.4 is 10.8 Å². The molecule has 0 saturated heterocycles. The van der Waals surface area contributed by atoms with Crippen LogP contribution in [0.3, 0.4) is 0 Å². The number of carbonyl (C=O) groups excluding carboxylic acids is 2. The summed E-state index contributed by atoms with van der Waals surface area (Å²) >= 11 is 0. The molecule has 22 heavy (non-hydrogen) atoms. The summed E-state index contributed by atoms with van der Waals surface area (Å²) in [7, 11) is 1.62. The molecule has 2 atom stereocenters. The average Bonchev–Trinajstić information content (AvgIpc) is 2.46. The highest BCUT2D eigenvalue weighted by atomic mass is 16.4. The Balaban J connectivity index is 2.64. The van der Waals surface area contributed by atoms with Crippen LogP contribution in [0.25, 0.3) is 0 Å². The van der Waals surface area contributed by atoms with Gasteiger partial charge in [0.1, 0.15) is 0 Å². The molecular weight excluding hydrogens is 283 g/mol. The van der Waals surface area contributed by atoms with E-state index in [1.54, 1.807) is 33.2 Å². The van der Waals surface area contributed by atoms with E-state index in [1.165, 1.54) is 17.0 Å². The average molecular weight is 304 g/mol. The van der Waals surface area contributed by atoms with Crippen LogP contribution in [0.15, 0.2) is 24.3 Å². The molecule has 0 aliphatic rings. The molecule has 2 radical (unpaired) electrons. The van der Waals surface area contributed by atoms with E-state index in [0.29, 0.717) is 5.69 Å². The van der Waals surface area contributed by atoms with Gasteiger partial charge in [-0.1, -0.05) is 19.1 Å². The van der Waals surface area contributed by atoms with Crippen molar-refractivity contribution >= 4 is 30.1 Å². The zero-order valence-electron chi connectivity index (χ0n) is 13.0. The Kier molecular flexibility index (Phi) is 6.58. The van der Waals surface area contributed by atoms with Gasteiger partial charge in [-0.15, -0.1) is 0 Å². The third-order valence-corrected chi connectivity index (χ3v) is 3.27. The molecule has 0 saturated carbocycles. The first-order valence-corrected chi connectivity index (χ1v) is 6.96. The maximum Gasteiger partial charge on any atom is 0.488 e. The monoisotopic (exact) mass is 304 g/mol. The molecule has 1 rings (SSSR count). The van der Waals surface area contributed by atoms with Crippen molar-refractivity contribution in [2.24, 2.45) is 11.8 Å². The largest absolute Gasteiger partial charge is 0.488 e. The van der Waals surface area contributed by atoms with Gasteiger partial charge in [-0.3, -0.25) is 9.59 Å². The minimum Gasteiger partial charge on any atom is -0.423 e. The van der Waals surface area contributed by atoms with Crippen LogP contribution in [0, 0.1) is 18.8 Å². The normalized spacial score (nSPS) is 13.2. The van der Waals surface area contributed by atoms with Crippen molar-refractivity contribution in [1.29, 1.82) is 0 Å². The molecule has 0 aliphatic heterocycles. The predicted octanol–water partition coefficient (Wildman–Crippen LogP) is -0.253. The van der Waals surface area contributed by atoms with Crippen LogP contribution in [0.5, 0.6) is 0 Å². The Bertz CT molecular complexity index is 534. The predicted molar refractivity (Wildman–Crippen MR) is 85.2 cm³/mol. The highest BCUT2D eigenvalue weighted by Crippen LogP contribution is 2.16. The van der Waals surface area contributed by atoms with E-state index in [0.717, 1.165) is 0 Å². The summed E-state index contributed by atoms with van der Waals surface area (Å²) in [6.45, 7) is 7.46. The summed E-state index contributed by atoms with van der Waals surface area (Å²) in [6.07, 6.45) is 0.227. The van der Waals surface area contributed by atoms with Crippen LogP contribution in [-0.2, 0) is 9.59 Å². The van der Waals surface area contributed by atoms with E-state index < -0.39 is 19.0 Å². The number of hydrogen-bond acceptors (Lipinski definition) is 4. The second-order valence-corrected chi connectivity index (χ2v) is 5.46. The van der Waals surface area contributed by atoms with Crippen molar-refractivity contribution in [2.75, 3.05) is 19.4 Å². The minimum absolute atomic E-state index is 0.227. The highest BCUT2D eigenvalue weighted by molar-refractivity contribution is 6.58. The first-order chi connectivity index (χ1) is 10.2. The number of anilines is 1. The van der Waals surface area contributed by atoms with Gasteiger partial charge in [0.15, 0.2) is 0 Å². The number of nitrogens with zero attached hydrogens (tertiary/aromatic N) is 1. The van der Waals surface area contributed by atoms with Gasteiger partial charge >= 0.3 is 7.12 Å². The van der Waals surface area contributed by atoms with Crippen molar-refractivity contribution in [3.05, 3.63) is 31.2 Å². The van der Waals surface area contributed by atoms with Gasteiger partial charge in [-0.2, -0.15) is 0 Å². The van der Waals surface area contributed by atoms with Crippen LogP contribution >= 0.6 is 0 Å². The maximum atomic E-state index is 12.1. The van der Waals surface area contributed by atoms with Crippen molar-refractivity contribution in [2.45, 2.75) is 13.3 Å². The lowest BCUT2D eigenvalue weighted by atomic mass is 9.80. The molecule has 1 unspecified atom stereocenters. The molecule has 1 aromatic carbocycles. The summed E-state index contributed by atoms with van der Waals surface area (Å²) in [5.74, 6) is -1.71. The number of amides is 2. The molecule has 0 heterocycles. The second kappa shape index (κ2) is 7.96. The molecule has 0 spiro atoms. The van der Waals surface area contributed by atoms with Gasteiger partial charge in [0, 0.05) is 31.6 Å². The number of hydrogen-bond donors (Lipinski definition) is 3. The van der Waals surface area contributed by atoms with Crippen molar-refractivity contribution in [3.8, 4) is 0 Å². The molecule has 118 valence electrons. The van der Waals surface area contributed by atoms with Crippen LogP contribution in [0.2, 0.25) is 0 Å². The molecule has 0 fully saturated rings. The number of carbonyl (C=O) groups is 2. The molecule has 0 aromatic heterocycles. The molecule has 3 N–H and O–H groups in total. The van der Waals surface area contributed by atoms with E-state index in [4.69, 9.17) is 17.0 Å². The molecule has 0 aliphatic carbocycles. The van der Waals surface area contributed by atoms with Crippen LogP contribution in [-0.4, -0.2) is 48.0 Å². The van der Waals surface area contributed by atoms with Crippen LogP contribution in [0.1, 0.15) is 13.3 Å². The van der Waals surface area contributed by atoms with Gasteiger partial charge in [0.2, 0.25) is 11.8 Å². The molecule has 0 bridgehead atoms. The topological polar surface area (TPSA) is 89.9 Å². The lowest BCUT2D eigenvalue weighted by Gasteiger charge is -2.19. The van der Waals surface area contributed by atoms with Gasteiger partial charge in [-0.25, -0.2) is 0 Å². The Labute approximate surface area is 131 Å². The van der Waals surface area contributed by atoms with Gasteiger partial charge in [0.05, 0.1) is 0 Å². The number of nitrogens with one attached hydrogen (secondary N) is 1. The quantitative estimate of drug-likeness (QED) is 0.632. The Morgan fingerprint density at radius 2 is 2.00 bits per heavy atom. The van der Waals surface area contributed by atoms with Crippen molar-refractivity contribution in [3.63, 3.8) is 0 Å². The third-order valence-electron chi connectivity index (χ3n) is 3.27. The highest BCUT2D eigenvalue weighted by Gasteiger charge is 2.22. The Morgan fingerprint density at radius 3 is 2.55 bits per heavy atom. The fourth-order valence-corrected chi connectivity index (χ4v) is 1.96. The molecule has 1 aromatic rings. The van der Waals surface area contributed by atoms with E-state index in [9.17, 15) is 9.59 Å². The lowest BCUT2D eigenvalue weighted by Crippen LogP contribution is -2.32. The zero-order chi connectivity index (χ0) is 16.9. The molecule has 6 nitrogen and oxygen atoms in total. The van der Waals surface area contributed by atoms with Gasteiger partial charge in [-0.05, 0) is 30.9 Å². The van der Waals surface area contributed by atoms with Crippen molar-refractivity contribution in [1.82, 2.24) is 4.90 Å².